The summed E-state index contributed by atoms with van der Waals surface area (Å²) in [4.78, 5) is 1.13. The van der Waals surface area contributed by atoms with Gasteiger partial charge in [0.15, 0.2) is 0 Å². The van der Waals surface area contributed by atoms with Crippen LogP contribution in [0.5, 0.6) is 0 Å². The van der Waals surface area contributed by atoms with Gasteiger partial charge in [0.05, 0.1) is 10.6 Å². The average molecular weight is 301 g/mol. The van der Waals surface area contributed by atoms with E-state index in [4.69, 9.17) is 4.42 Å². The molecule has 1 unspecified atom stereocenters. The third kappa shape index (κ3) is 2.59. The first kappa shape index (κ1) is 14.2. The predicted molar refractivity (Wildman–Crippen MR) is 85.9 cm³/mol. The number of aromatic nitrogens is 2. The van der Waals surface area contributed by atoms with Crippen LogP contribution in [0.3, 0.4) is 0 Å². The second kappa shape index (κ2) is 5.58. The Morgan fingerprint density at radius 1 is 1.24 bits per heavy atom. The maximum Gasteiger partial charge on any atom is 0.134 e. The topological polar surface area (TPSA) is 51.0 Å². The molecule has 1 aromatic carbocycles. The van der Waals surface area contributed by atoms with E-state index in [1.807, 2.05) is 13.1 Å². The molecular weight excluding hydrogens is 282 g/mol. The minimum Gasteiger partial charge on any atom is -0.459 e. The molecule has 0 aliphatic carbocycles. The molecule has 110 valence electrons. The van der Waals surface area contributed by atoms with Crippen molar-refractivity contribution < 1.29 is 4.42 Å². The fourth-order valence-electron chi connectivity index (χ4n) is 2.53. The molecule has 0 aliphatic rings. The smallest absolute Gasteiger partial charge is 0.134 e. The molecule has 1 atom stereocenters. The lowest BCUT2D eigenvalue weighted by Crippen LogP contribution is -2.17. The van der Waals surface area contributed by atoms with Crippen molar-refractivity contribution in [1.29, 1.82) is 0 Å². The molecule has 3 aromatic rings. The lowest BCUT2D eigenvalue weighted by molar-refractivity contribution is 0.492. The fourth-order valence-corrected chi connectivity index (χ4v) is 3.46. The number of nitrogens with one attached hydrogen (secondary N) is 1. The van der Waals surface area contributed by atoms with Gasteiger partial charge in [-0.25, -0.2) is 0 Å². The monoisotopic (exact) mass is 301 g/mol. The molecule has 0 saturated carbocycles. The number of nitrogens with zero attached hydrogens (tertiary/aromatic N) is 2. The third-order valence-electron chi connectivity index (χ3n) is 3.61. The van der Waals surface area contributed by atoms with Crippen LogP contribution >= 0.6 is 11.5 Å². The summed E-state index contributed by atoms with van der Waals surface area (Å²) in [5.41, 5.74) is 3.19. The van der Waals surface area contributed by atoms with Crippen molar-refractivity contribution in [3.05, 3.63) is 46.2 Å². The van der Waals surface area contributed by atoms with Crippen LogP contribution in [0.15, 0.2) is 28.7 Å². The van der Waals surface area contributed by atoms with Crippen molar-refractivity contribution in [2.45, 2.75) is 32.7 Å². The van der Waals surface area contributed by atoms with Crippen LogP contribution in [-0.2, 0) is 0 Å². The summed E-state index contributed by atoms with van der Waals surface area (Å²) in [5.74, 6) is 1.26. The number of aryl methyl sites for hydroxylation is 1. The molecule has 2 heterocycles. The number of hydrogen-bond acceptors (Lipinski definition) is 5. The molecule has 1 N–H and O–H groups in total. The molecule has 0 saturated heterocycles. The first-order chi connectivity index (χ1) is 10.1. The molecule has 3 rings (SSSR count). The van der Waals surface area contributed by atoms with Gasteiger partial charge < -0.3 is 9.73 Å². The first-order valence-electron chi connectivity index (χ1n) is 7.09. The van der Waals surface area contributed by atoms with E-state index in [1.54, 1.807) is 0 Å². The summed E-state index contributed by atoms with van der Waals surface area (Å²) in [6, 6.07) is 8.33. The zero-order valence-corrected chi connectivity index (χ0v) is 13.5. The second-order valence-electron chi connectivity index (χ2n) is 5.59. The van der Waals surface area contributed by atoms with E-state index < -0.39 is 0 Å². The van der Waals surface area contributed by atoms with E-state index in [-0.39, 0.29) is 6.04 Å². The largest absolute Gasteiger partial charge is 0.459 e. The van der Waals surface area contributed by atoms with Crippen molar-refractivity contribution in [2.24, 2.45) is 0 Å². The molecule has 0 radical (unpaired) electrons. The van der Waals surface area contributed by atoms with Crippen LogP contribution in [-0.4, -0.2) is 16.6 Å². The SMILES string of the molecule is CNC(c1cc2cc(C)ccc2o1)c1snnc1C(C)C. The van der Waals surface area contributed by atoms with E-state index in [2.05, 4.69) is 53.9 Å². The zero-order chi connectivity index (χ0) is 15.0. The Morgan fingerprint density at radius 2 is 2.05 bits per heavy atom. The minimum absolute atomic E-state index is 0.00453. The van der Waals surface area contributed by atoms with Gasteiger partial charge in [0.2, 0.25) is 0 Å². The Balaban J connectivity index is 2.07. The molecule has 21 heavy (non-hydrogen) atoms. The van der Waals surface area contributed by atoms with Crippen molar-refractivity contribution in [3.8, 4) is 0 Å². The van der Waals surface area contributed by atoms with Gasteiger partial charge in [0, 0.05) is 5.39 Å². The molecule has 5 heteroatoms. The summed E-state index contributed by atoms with van der Waals surface area (Å²) >= 11 is 1.43. The van der Waals surface area contributed by atoms with Crippen LogP contribution in [0.2, 0.25) is 0 Å². The molecule has 0 spiro atoms. The molecule has 0 amide bonds. The quantitative estimate of drug-likeness (QED) is 0.790. The summed E-state index contributed by atoms with van der Waals surface area (Å²) in [6.07, 6.45) is 0. The summed E-state index contributed by atoms with van der Waals surface area (Å²) in [6.45, 7) is 6.36. The van der Waals surface area contributed by atoms with Gasteiger partial charge in [-0.05, 0) is 49.6 Å². The number of fused-ring (bicyclic) bond motifs is 1. The van der Waals surface area contributed by atoms with Crippen molar-refractivity contribution in [3.63, 3.8) is 0 Å². The highest BCUT2D eigenvalue weighted by Crippen LogP contribution is 2.33. The Morgan fingerprint density at radius 3 is 2.76 bits per heavy atom. The molecule has 4 nitrogen and oxygen atoms in total. The van der Waals surface area contributed by atoms with Crippen LogP contribution in [0.4, 0.5) is 0 Å². The van der Waals surface area contributed by atoms with Crippen LogP contribution in [0, 0.1) is 6.92 Å². The highest BCUT2D eigenvalue weighted by Gasteiger charge is 2.24. The summed E-state index contributed by atoms with van der Waals surface area (Å²) in [7, 11) is 1.94. The van der Waals surface area contributed by atoms with E-state index >= 15 is 0 Å². The molecule has 0 bridgehead atoms. The maximum atomic E-state index is 6.02. The lowest BCUT2D eigenvalue weighted by atomic mass is 10.0. The second-order valence-corrected chi connectivity index (χ2v) is 6.37. The first-order valence-corrected chi connectivity index (χ1v) is 7.87. The summed E-state index contributed by atoms with van der Waals surface area (Å²) in [5, 5.41) is 8.73. The van der Waals surface area contributed by atoms with Gasteiger partial charge >= 0.3 is 0 Å². The van der Waals surface area contributed by atoms with E-state index in [9.17, 15) is 0 Å². The lowest BCUT2D eigenvalue weighted by Gasteiger charge is -2.13. The normalized spacial score (nSPS) is 13.2. The summed E-state index contributed by atoms with van der Waals surface area (Å²) < 4.78 is 10.1. The number of furan rings is 1. The Kier molecular flexibility index (Phi) is 3.78. The fraction of sp³-hybridized carbons (Fsp3) is 0.375. The van der Waals surface area contributed by atoms with Crippen molar-refractivity contribution in [1.82, 2.24) is 14.9 Å². The van der Waals surface area contributed by atoms with Gasteiger partial charge in [0.1, 0.15) is 17.4 Å². The molecule has 0 fully saturated rings. The van der Waals surface area contributed by atoms with Crippen molar-refractivity contribution >= 4 is 22.5 Å². The maximum absolute atomic E-state index is 6.02. The molecular formula is C16H19N3OS. The van der Waals surface area contributed by atoms with Gasteiger partial charge in [-0.1, -0.05) is 30.0 Å². The third-order valence-corrected chi connectivity index (χ3v) is 4.42. The molecule has 2 aromatic heterocycles. The van der Waals surface area contributed by atoms with Gasteiger partial charge in [-0.15, -0.1) is 5.10 Å². The molecule has 0 aliphatic heterocycles. The van der Waals surface area contributed by atoms with E-state index in [1.165, 1.54) is 17.1 Å². The Bertz CT molecular complexity index is 760. The van der Waals surface area contributed by atoms with Gasteiger partial charge in [-0.2, -0.15) is 0 Å². The highest BCUT2D eigenvalue weighted by molar-refractivity contribution is 7.05. The van der Waals surface area contributed by atoms with Gasteiger partial charge in [-0.3, -0.25) is 0 Å². The number of benzene rings is 1. The van der Waals surface area contributed by atoms with Crippen LogP contribution < -0.4 is 5.32 Å². The average Bonchev–Trinajstić information content (AvgIpc) is 3.06. The number of rotatable bonds is 4. The zero-order valence-electron chi connectivity index (χ0n) is 12.7. The Labute approximate surface area is 128 Å². The standard InChI is InChI=1S/C16H19N3OS/c1-9(2)14-16(21-19-18-14)15(17-4)13-8-11-7-10(3)5-6-12(11)20-13/h5-9,15,17H,1-4H3. The predicted octanol–water partition coefficient (Wildman–Crippen LogP) is 4.02. The Hall–Kier alpha value is -1.72. The van der Waals surface area contributed by atoms with Gasteiger partial charge in [0.25, 0.3) is 0 Å². The minimum atomic E-state index is -0.00453. The highest BCUT2D eigenvalue weighted by atomic mass is 32.1. The van der Waals surface area contributed by atoms with Crippen LogP contribution in [0.25, 0.3) is 11.0 Å². The number of hydrogen-bond donors (Lipinski definition) is 1. The van der Waals surface area contributed by atoms with Crippen LogP contribution in [0.1, 0.15) is 47.7 Å². The van der Waals surface area contributed by atoms with E-state index in [0.29, 0.717) is 5.92 Å². The van der Waals surface area contributed by atoms with Crippen molar-refractivity contribution in [2.75, 3.05) is 7.05 Å². The van der Waals surface area contributed by atoms with E-state index in [0.717, 1.165) is 27.3 Å².